The minimum Gasteiger partial charge on any atom is -0.398 e. The Bertz CT molecular complexity index is 517. The lowest BCUT2D eigenvalue weighted by Gasteiger charge is -2.27. The van der Waals surface area contributed by atoms with Gasteiger partial charge in [-0.3, -0.25) is 4.79 Å². The van der Waals surface area contributed by atoms with Crippen LogP contribution in [-0.4, -0.2) is 23.9 Å². The number of anilines is 1. The van der Waals surface area contributed by atoms with Crippen molar-refractivity contribution in [3.63, 3.8) is 0 Å². The summed E-state index contributed by atoms with van der Waals surface area (Å²) in [6.45, 7) is 7.52. The number of hydrogen-bond donors (Lipinski definition) is 1. The second-order valence-electron chi connectivity index (χ2n) is 5.09. The number of nitrogens with zero attached hydrogens (tertiary/aromatic N) is 1. The highest BCUT2D eigenvalue weighted by Crippen LogP contribution is 2.21. The highest BCUT2D eigenvalue weighted by atomic mass is 16.2. The maximum atomic E-state index is 12.5. The summed E-state index contributed by atoms with van der Waals surface area (Å²) in [5.41, 5.74) is 10.6. The van der Waals surface area contributed by atoms with E-state index >= 15 is 0 Å². The molecule has 1 aliphatic rings. The van der Waals surface area contributed by atoms with Crippen LogP contribution in [0.4, 0.5) is 5.69 Å². The Kier molecular flexibility index (Phi) is 3.41. The monoisotopic (exact) mass is 244 g/mol. The normalized spacial score (nSPS) is 15.5. The first-order chi connectivity index (χ1) is 8.49. The van der Waals surface area contributed by atoms with E-state index in [1.54, 1.807) is 6.07 Å². The Morgan fingerprint density at radius 1 is 1.22 bits per heavy atom. The average Bonchev–Trinajstić information content (AvgIpc) is 2.33. The maximum absolute atomic E-state index is 12.5. The van der Waals surface area contributed by atoms with Crippen molar-refractivity contribution >= 4 is 11.6 Å². The molecule has 1 amide bonds. The van der Waals surface area contributed by atoms with Crippen LogP contribution < -0.4 is 5.73 Å². The van der Waals surface area contributed by atoms with Crippen LogP contribution in [0.3, 0.4) is 0 Å². The van der Waals surface area contributed by atoms with Crippen molar-refractivity contribution in [2.45, 2.75) is 27.2 Å². The van der Waals surface area contributed by atoms with Crippen molar-refractivity contribution in [2.75, 3.05) is 18.8 Å². The molecule has 2 rings (SSSR count). The van der Waals surface area contributed by atoms with Gasteiger partial charge in [-0.2, -0.15) is 0 Å². The number of nitrogen functional groups attached to an aromatic ring is 1. The first kappa shape index (κ1) is 12.7. The lowest BCUT2D eigenvalue weighted by Crippen LogP contribution is -2.35. The van der Waals surface area contributed by atoms with Crippen LogP contribution in [-0.2, 0) is 0 Å². The quantitative estimate of drug-likeness (QED) is 0.610. The van der Waals surface area contributed by atoms with Gasteiger partial charge in [-0.05, 0) is 44.4 Å². The fraction of sp³-hybridized carbons (Fsp3) is 0.400. The zero-order valence-electron chi connectivity index (χ0n) is 11.3. The largest absolute Gasteiger partial charge is 0.398 e. The van der Waals surface area contributed by atoms with Crippen molar-refractivity contribution in [1.29, 1.82) is 0 Å². The van der Waals surface area contributed by atoms with E-state index in [0.717, 1.165) is 36.2 Å². The first-order valence-corrected chi connectivity index (χ1v) is 6.30. The van der Waals surface area contributed by atoms with Gasteiger partial charge in [-0.25, -0.2) is 0 Å². The lowest BCUT2D eigenvalue weighted by atomic mass is 10.0. The number of carbonyl (C=O) groups is 1. The zero-order chi connectivity index (χ0) is 13.3. The summed E-state index contributed by atoms with van der Waals surface area (Å²) in [6.07, 6.45) is 3.14. The maximum Gasteiger partial charge on any atom is 0.254 e. The minimum absolute atomic E-state index is 0.0895. The van der Waals surface area contributed by atoms with Gasteiger partial charge in [0, 0.05) is 24.3 Å². The summed E-state index contributed by atoms with van der Waals surface area (Å²) in [5, 5.41) is 0. The van der Waals surface area contributed by atoms with Crippen LogP contribution in [0.25, 0.3) is 0 Å². The molecule has 0 fully saturated rings. The van der Waals surface area contributed by atoms with Gasteiger partial charge in [0.25, 0.3) is 5.91 Å². The van der Waals surface area contributed by atoms with E-state index in [-0.39, 0.29) is 5.91 Å². The molecule has 3 nitrogen and oxygen atoms in total. The lowest BCUT2D eigenvalue weighted by molar-refractivity contribution is 0.0765. The van der Waals surface area contributed by atoms with Gasteiger partial charge in [0.05, 0.1) is 0 Å². The van der Waals surface area contributed by atoms with Gasteiger partial charge < -0.3 is 10.6 Å². The van der Waals surface area contributed by atoms with E-state index in [1.165, 1.54) is 5.57 Å². The molecule has 0 saturated heterocycles. The second kappa shape index (κ2) is 4.84. The van der Waals surface area contributed by atoms with Crippen LogP contribution in [0.5, 0.6) is 0 Å². The number of carbonyl (C=O) groups excluding carboxylic acids is 1. The number of benzene rings is 1. The van der Waals surface area contributed by atoms with Crippen molar-refractivity contribution < 1.29 is 4.79 Å². The van der Waals surface area contributed by atoms with Crippen molar-refractivity contribution in [3.05, 3.63) is 40.5 Å². The smallest absolute Gasteiger partial charge is 0.254 e. The highest BCUT2D eigenvalue weighted by Gasteiger charge is 2.20. The first-order valence-electron chi connectivity index (χ1n) is 6.30. The standard InChI is InChI=1S/C15H20N2O/c1-10-5-4-6-17(9-10)15(18)13-8-14(16)12(3)7-11(13)2/h5,7-8H,4,6,9,16H2,1-3H3. The molecule has 0 aromatic heterocycles. The number of aryl methyl sites for hydroxylation is 2. The third kappa shape index (κ3) is 2.40. The van der Waals surface area contributed by atoms with Gasteiger partial charge in [-0.1, -0.05) is 17.7 Å². The van der Waals surface area contributed by atoms with Crippen molar-refractivity contribution in [3.8, 4) is 0 Å². The highest BCUT2D eigenvalue weighted by molar-refractivity contribution is 5.97. The van der Waals surface area contributed by atoms with Gasteiger partial charge >= 0.3 is 0 Å². The molecule has 0 atom stereocenters. The Morgan fingerprint density at radius 3 is 2.61 bits per heavy atom. The molecule has 0 bridgehead atoms. The molecular formula is C15H20N2O. The second-order valence-corrected chi connectivity index (χ2v) is 5.09. The molecule has 0 spiro atoms. The molecular weight excluding hydrogens is 224 g/mol. The molecule has 1 aliphatic heterocycles. The zero-order valence-corrected chi connectivity index (χ0v) is 11.3. The van der Waals surface area contributed by atoms with Gasteiger partial charge in [0.15, 0.2) is 0 Å². The molecule has 96 valence electrons. The van der Waals surface area contributed by atoms with E-state index in [4.69, 9.17) is 5.73 Å². The molecule has 0 radical (unpaired) electrons. The predicted octanol–water partition coefficient (Wildman–Crippen LogP) is 2.68. The van der Waals surface area contributed by atoms with Crippen LogP contribution in [0.15, 0.2) is 23.8 Å². The van der Waals surface area contributed by atoms with Crippen LogP contribution >= 0.6 is 0 Å². The number of nitrogens with two attached hydrogens (primary N) is 1. The molecule has 18 heavy (non-hydrogen) atoms. The SMILES string of the molecule is CC1=CCCN(C(=O)c2cc(N)c(C)cc2C)C1. The average molecular weight is 244 g/mol. The Hall–Kier alpha value is -1.77. The van der Waals surface area contributed by atoms with E-state index in [0.29, 0.717) is 5.69 Å². The predicted molar refractivity (Wildman–Crippen MR) is 74.6 cm³/mol. The summed E-state index contributed by atoms with van der Waals surface area (Å²) < 4.78 is 0. The molecule has 1 aromatic rings. The molecule has 2 N–H and O–H groups in total. The topological polar surface area (TPSA) is 46.3 Å². The number of rotatable bonds is 1. The fourth-order valence-corrected chi connectivity index (χ4v) is 2.35. The van der Waals surface area contributed by atoms with E-state index in [2.05, 4.69) is 13.0 Å². The summed E-state index contributed by atoms with van der Waals surface area (Å²) >= 11 is 0. The molecule has 0 aliphatic carbocycles. The van der Waals surface area contributed by atoms with Crippen LogP contribution in [0.1, 0.15) is 34.8 Å². The Labute approximate surface area is 108 Å². The van der Waals surface area contributed by atoms with E-state index in [9.17, 15) is 4.79 Å². The van der Waals surface area contributed by atoms with Crippen molar-refractivity contribution in [1.82, 2.24) is 4.90 Å². The van der Waals surface area contributed by atoms with Gasteiger partial charge in [0.2, 0.25) is 0 Å². The molecule has 3 heteroatoms. The molecule has 0 saturated carbocycles. The minimum atomic E-state index is 0.0895. The van der Waals surface area contributed by atoms with E-state index in [1.807, 2.05) is 24.8 Å². The van der Waals surface area contributed by atoms with Gasteiger partial charge in [-0.15, -0.1) is 0 Å². The fourth-order valence-electron chi connectivity index (χ4n) is 2.35. The third-order valence-corrected chi connectivity index (χ3v) is 3.46. The molecule has 1 heterocycles. The van der Waals surface area contributed by atoms with Crippen LogP contribution in [0.2, 0.25) is 0 Å². The molecule has 0 unspecified atom stereocenters. The number of hydrogen-bond acceptors (Lipinski definition) is 2. The Balaban J connectivity index is 2.29. The van der Waals surface area contributed by atoms with Crippen LogP contribution in [0, 0.1) is 13.8 Å². The summed E-state index contributed by atoms with van der Waals surface area (Å²) in [5.74, 6) is 0.0895. The van der Waals surface area contributed by atoms with Crippen molar-refractivity contribution in [2.24, 2.45) is 0 Å². The van der Waals surface area contributed by atoms with E-state index < -0.39 is 0 Å². The summed E-state index contributed by atoms with van der Waals surface area (Å²) in [4.78, 5) is 14.4. The summed E-state index contributed by atoms with van der Waals surface area (Å²) in [7, 11) is 0. The molecule has 1 aromatic carbocycles. The summed E-state index contributed by atoms with van der Waals surface area (Å²) in [6, 6.07) is 3.79. The third-order valence-electron chi connectivity index (χ3n) is 3.46. The number of amides is 1. The van der Waals surface area contributed by atoms with Gasteiger partial charge in [0.1, 0.15) is 0 Å². The Morgan fingerprint density at radius 2 is 1.94 bits per heavy atom.